The van der Waals surface area contributed by atoms with Crippen molar-refractivity contribution in [1.29, 1.82) is 0 Å². The third-order valence-corrected chi connectivity index (χ3v) is 5.74. The molecule has 1 amide bonds. The van der Waals surface area contributed by atoms with Crippen molar-refractivity contribution in [3.63, 3.8) is 0 Å². The van der Waals surface area contributed by atoms with Gasteiger partial charge in [-0.25, -0.2) is 4.98 Å². The first-order chi connectivity index (χ1) is 12.4. The lowest BCUT2D eigenvalue weighted by atomic mass is 10.0. The number of fused-ring (bicyclic) bond motifs is 2. The molecule has 0 unspecified atom stereocenters. The van der Waals surface area contributed by atoms with E-state index in [1.807, 2.05) is 19.9 Å². The third kappa shape index (κ3) is 2.79. The van der Waals surface area contributed by atoms with E-state index in [2.05, 4.69) is 17.4 Å². The maximum atomic E-state index is 12.7. The second-order valence-electron chi connectivity index (χ2n) is 6.25. The SMILES string of the molecule is Cc1ccc(C)c2nc3sc(C(=O)Nc4cccc(Cl)c4)c(N)c3cc12. The van der Waals surface area contributed by atoms with Gasteiger partial charge in [0, 0.05) is 21.5 Å². The Hall–Kier alpha value is -2.63. The second kappa shape index (κ2) is 6.27. The van der Waals surface area contributed by atoms with Gasteiger partial charge < -0.3 is 11.1 Å². The van der Waals surface area contributed by atoms with Gasteiger partial charge in [0.1, 0.15) is 9.71 Å². The maximum Gasteiger partial charge on any atom is 0.267 e. The number of nitrogens with zero attached hydrogens (tertiary/aromatic N) is 1. The normalized spacial score (nSPS) is 11.2. The third-order valence-electron chi connectivity index (χ3n) is 4.39. The van der Waals surface area contributed by atoms with Crippen LogP contribution >= 0.6 is 22.9 Å². The highest BCUT2D eigenvalue weighted by Gasteiger charge is 2.19. The van der Waals surface area contributed by atoms with Crippen molar-refractivity contribution in [3.05, 3.63) is 63.5 Å². The van der Waals surface area contributed by atoms with Crippen LogP contribution in [0.1, 0.15) is 20.8 Å². The van der Waals surface area contributed by atoms with E-state index in [1.165, 1.54) is 11.3 Å². The van der Waals surface area contributed by atoms with Gasteiger partial charge in [-0.05, 0) is 49.2 Å². The highest BCUT2D eigenvalue weighted by atomic mass is 35.5. The summed E-state index contributed by atoms with van der Waals surface area (Å²) in [5.41, 5.74) is 10.6. The predicted molar refractivity (Wildman–Crippen MR) is 110 cm³/mol. The molecule has 2 heterocycles. The molecule has 6 heteroatoms. The molecular formula is C20H16ClN3OS. The van der Waals surface area contributed by atoms with Crippen molar-refractivity contribution in [3.8, 4) is 0 Å². The van der Waals surface area contributed by atoms with Crippen molar-refractivity contribution in [2.45, 2.75) is 13.8 Å². The summed E-state index contributed by atoms with van der Waals surface area (Å²) in [6.45, 7) is 4.08. The number of pyridine rings is 1. The first-order valence-electron chi connectivity index (χ1n) is 8.10. The van der Waals surface area contributed by atoms with Crippen LogP contribution in [-0.2, 0) is 0 Å². The molecule has 4 nitrogen and oxygen atoms in total. The minimum absolute atomic E-state index is 0.259. The molecule has 4 rings (SSSR count). The summed E-state index contributed by atoms with van der Waals surface area (Å²) in [5, 5.41) is 5.28. The Kier molecular flexibility index (Phi) is 4.05. The van der Waals surface area contributed by atoms with Crippen LogP contribution in [0.15, 0.2) is 42.5 Å². The van der Waals surface area contributed by atoms with Gasteiger partial charge in [-0.15, -0.1) is 11.3 Å². The van der Waals surface area contributed by atoms with Crippen LogP contribution in [0.5, 0.6) is 0 Å². The summed E-state index contributed by atoms with van der Waals surface area (Å²) in [7, 11) is 0. The average molecular weight is 382 g/mol. The summed E-state index contributed by atoms with van der Waals surface area (Å²) in [6.07, 6.45) is 0. The van der Waals surface area contributed by atoms with Crippen LogP contribution in [0.4, 0.5) is 11.4 Å². The highest BCUT2D eigenvalue weighted by molar-refractivity contribution is 7.21. The Morgan fingerprint density at radius 2 is 1.88 bits per heavy atom. The number of anilines is 2. The first-order valence-corrected chi connectivity index (χ1v) is 9.29. The molecule has 0 aliphatic heterocycles. The fourth-order valence-electron chi connectivity index (χ4n) is 2.98. The minimum Gasteiger partial charge on any atom is -0.397 e. The van der Waals surface area contributed by atoms with Gasteiger partial charge in [-0.3, -0.25) is 4.79 Å². The van der Waals surface area contributed by atoms with Gasteiger partial charge in [0.2, 0.25) is 0 Å². The Labute approximate surface area is 159 Å². The molecule has 0 atom stereocenters. The summed E-state index contributed by atoms with van der Waals surface area (Å²) in [4.78, 5) is 18.7. The van der Waals surface area contributed by atoms with Gasteiger partial charge in [0.25, 0.3) is 5.91 Å². The zero-order valence-electron chi connectivity index (χ0n) is 14.3. The Bertz CT molecular complexity index is 1180. The molecule has 130 valence electrons. The number of aryl methyl sites for hydroxylation is 2. The van der Waals surface area contributed by atoms with Crippen LogP contribution in [0.2, 0.25) is 5.02 Å². The molecule has 0 aliphatic rings. The Morgan fingerprint density at radius 3 is 2.65 bits per heavy atom. The smallest absolute Gasteiger partial charge is 0.267 e. The molecule has 3 N–H and O–H groups in total. The molecule has 4 aromatic rings. The van der Waals surface area contributed by atoms with E-state index in [1.54, 1.807) is 24.3 Å². The number of benzene rings is 2. The van der Waals surface area contributed by atoms with E-state index in [4.69, 9.17) is 22.3 Å². The lowest BCUT2D eigenvalue weighted by Gasteiger charge is -2.05. The number of halogens is 1. The Morgan fingerprint density at radius 1 is 1.12 bits per heavy atom. The number of aromatic nitrogens is 1. The van der Waals surface area contributed by atoms with Crippen LogP contribution in [0.25, 0.3) is 21.1 Å². The standard InChI is InChI=1S/C20H16ClN3OS/c1-10-6-7-11(2)17-14(10)9-15-16(22)18(26-20(15)24-17)19(25)23-13-5-3-4-12(21)8-13/h3-9H,22H2,1-2H3,(H,23,25). The first kappa shape index (κ1) is 16.8. The van der Waals surface area contributed by atoms with E-state index in [0.717, 1.165) is 32.2 Å². The molecular weight excluding hydrogens is 366 g/mol. The molecule has 0 radical (unpaired) electrons. The van der Waals surface area contributed by atoms with E-state index in [-0.39, 0.29) is 5.91 Å². The van der Waals surface area contributed by atoms with Crippen molar-refractivity contribution < 1.29 is 4.79 Å². The fraction of sp³-hybridized carbons (Fsp3) is 0.100. The molecule has 2 aromatic carbocycles. The molecule has 0 fully saturated rings. The topological polar surface area (TPSA) is 68.0 Å². The quantitative estimate of drug-likeness (QED) is 0.478. The molecule has 0 saturated carbocycles. The number of carbonyl (C=O) groups is 1. The van der Waals surface area contributed by atoms with Crippen LogP contribution in [0, 0.1) is 13.8 Å². The number of thiophene rings is 1. The predicted octanol–water partition coefficient (Wildman–Crippen LogP) is 5.55. The van der Waals surface area contributed by atoms with Gasteiger partial charge >= 0.3 is 0 Å². The summed E-state index contributed by atoms with van der Waals surface area (Å²) in [5.74, 6) is -0.259. The number of rotatable bonds is 2. The average Bonchev–Trinajstić information content (AvgIpc) is 2.94. The van der Waals surface area contributed by atoms with Crippen LogP contribution in [-0.4, -0.2) is 10.9 Å². The Balaban J connectivity index is 1.82. The monoisotopic (exact) mass is 381 g/mol. The fourth-order valence-corrected chi connectivity index (χ4v) is 4.15. The molecule has 26 heavy (non-hydrogen) atoms. The summed E-state index contributed by atoms with van der Waals surface area (Å²) >= 11 is 7.28. The maximum absolute atomic E-state index is 12.7. The van der Waals surface area contributed by atoms with Gasteiger partial charge in [-0.2, -0.15) is 0 Å². The lowest BCUT2D eigenvalue weighted by molar-refractivity contribution is 0.103. The zero-order chi connectivity index (χ0) is 18.4. The number of nitrogen functional groups attached to an aromatic ring is 1. The van der Waals surface area contributed by atoms with Crippen molar-refractivity contribution in [2.24, 2.45) is 0 Å². The highest BCUT2D eigenvalue weighted by Crippen LogP contribution is 2.36. The molecule has 0 bridgehead atoms. The largest absolute Gasteiger partial charge is 0.397 e. The van der Waals surface area contributed by atoms with Crippen LogP contribution < -0.4 is 11.1 Å². The van der Waals surface area contributed by atoms with Crippen molar-refractivity contribution >= 4 is 61.3 Å². The van der Waals surface area contributed by atoms with Crippen molar-refractivity contribution in [2.75, 3.05) is 11.1 Å². The van der Waals surface area contributed by atoms with Gasteiger partial charge in [-0.1, -0.05) is 29.8 Å². The molecule has 2 aromatic heterocycles. The van der Waals surface area contributed by atoms with E-state index < -0.39 is 0 Å². The van der Waals surface area contributed by atoms with Crippen LogP contribution in [0.3, 0.4) is 0 Å². The number of hydrogen-bond acceptors (Lipinski definition) is 4. The van der Waals surface area contributed by atoms with E-state index in [0.29, 0.717) is 21.3 Å². The number of carbonyl (C=O) groups excluding carboxylic acids is 1. The number of amides is 1. The number of hydrogen-bond donors (Lipinski definition) is 2. The molecule has 0 aliphatic carbocycles. The second-order valence-corrected chi connectivity index (χ2v) is 7.68. The van der Waals surface area contributed by atoms with E-state index in [9.17, 15) is 4.79 Å². The molecule has 0 spiro atoms. The van der Waals surface area contributed by atoms with Crippen molar-refractivity contribution in [1.82, 2.24) is 4.98 Å². The van der Waals surface area contributed by atoms with E-state index >= 15 is 0 Å². The molecule has 0 saturated heterocycles. The van der Waals surface area contributed by atoms with Gasteiger partial charge in [0.05, 0.1) is 11.2 Å². The zero-order valence-corrected chi connectivity index (χ0v) is 15.8. The number of nitrogens with two attached hydrogens (primary N) is 1. The summed E-state index contributed by atoms with van der Waals surface area (Å²) in [6, 6.07) is 13.2. The summed E-state index contributed by atoms with van der Waals surface area (Å²) < 4.78 is 0. The van der Waals surface area contributed by atoms with Gasteiger partial charge in [0.15, 0.2) is 0 Å². The minimum atomic E-state index is -0.259. The lowest BCUT2D eigenvalue weighted by Crippen LogP contribution is -2.11. The number of nitrogens with one attached hydrogen (secondary N) is 1.